The van der Waals surface area contributed by atoms with Crippen LogP contribution < -0.4 is 0 Å². The highest BCUT2D eigenvalue weighted by Gasteiger charge is 2.25. The van der Waals surface area contributed by atoms with E-state index in [9.17, 15) is 5.11 Å². The summed E-state index contributed by atoms with van der Waals surface area (Å²) < 4.78 is 0. The second-order valence-electron chi connectivity index (χ2n) is 3.86. The molecular weight excluding hydrogens is 112 g/mol. The van der Waals surface area contributed by atoms with Crippen LogP contribution in [0.4, 0.5) is 0 Å². The molecule has 1 nitrogen and oxygen atoms in total. The Balaban J connectivity index is 2.35. The van der Waals surface area contributed by atoms with Crippen LogP contribution in [0.5, 0.6) is 0 Å². The molecule has 1 saturated carbocycles. The molecule has 53 valence electrons. The van der Waals surface area contributed by atoms with Crippen molar-refractivity contribution in [2.24, 2.45) is 5.41 Å². The summed E-state index contributed by atoms with van der Waals surface area (Å²) in [5, 5.41) is 10.8. The SMILES string of the molecule is CC1(C)CCC([O])CC1. The van der Waals surface area contributed by atoms with Gasteiger partial charge in [-0.05, 0) is 31.1 Å². The minimum atomic E-state index is -0.252. The van der Waals surface area contributed by atoms with Gasteiger partial charge in [-0.1, -0.05) is 13.8 Å². The van der Waals surface area contributed by atoms with Gasteiger partial charge in [0.2, 0.25) is 0 Å². The molecule has 0 bridgehead atoms. The first-order chi connectivity index (χ1) is 4.10. The van der Waals surface area contributed by atoms with Gasteiger partial charge in [-0.2, -0.15) is 0 Å². The fourth-order valence-corrected chi connectivity index (χ4v) is 1.37. The minimum Gasteiger partial charge on any atom is -0.233 e. The van der Waals surface area contributed by atoms with E-state index in [0.717, 1.165) is 25.7 Å². The van der Waals surface area contributed by atoms with Crippen LogP contribution in [-0.4, -0.2) is 6.10 Å². The Hall–Kier alpha value is -0.0400. The summed E-state index contributed by atoms with van der Waals surface area (Å²) in [6, 6.07) is 0. The minimum absolute atomic E-state index is 0.252. The van der Waals surface area contributed by atoms with Crippen LogP contribution in [-0.2, 0) is 5.11 Å². The molecule has 9 heavy (non-hydrogen) atoms. The van der Waals surface area contributed by atoms with E-state index in [0.29, 0.717) is 5.41 Å². The molecule has 0 spiro atoms. The Bertz CT molecular complexity index is 86.7. The van der Waals surface area contributed by atoms with E-state index < -0.39 is 0 Å². The van der Waals surface area contributed by atoms with Crippen molar-refractivity contribution in [1.82, 2.24) is 0 Å². The third-order valence-electron chi connectivity index (χ3n) is 2.29. The Kier molecular flexibility index (Phi) is 1.80. The highest BCUT2D eigenvalue weighted by Crippen LogP contribution is 2.34. The van der Waals surface area contributed by atoms with Crippen molar-refractivity contribution >= 4 is 0 Å². The molecule has 0 unspecified atom stereocenters. The topological polar surface area (TPSA) is 19.9 Å². The zero-order chi connectivity index (χ0) is 6.91. The van der Waals surface area contributed by atoms with Gasteiger partial charge in [0.1, 0.15) is 0 Å². The van der Waals surface area contributed by atoms with Crippen LogP contribution in [0.2, 0.25) is 0 Å². The fourth-order valence-electron chi connectivity index (χ4n) is 1.37. The van der Waals surface area contributed by atoms with Gasteiger partial charge in [0.05, 0.1) is 6.10 Å². The molecule has 0 aromatic rings. The number of rotatable bonds is 0. The quantitative estimate of drug-likeness (QED) is 0.476. The number of hydrogen-bond donors (Lipinski definition) is 0. The van der Waals surface area contributed by atoms with Gasteiger partial charge >= 0.3 is 0 Å². The second kappa shape index (κ2) is 2.30. The molecule has 1 heteroatoms. The molecule has 0 amide bonds. The maximum Gasteiger partial charge on any atom is 0.0930 e. The summed E-state index contributed by atoms with van der Waals surface area (Å²) in [6.07, 6.45) is 3.79. The fraction of sp³-hybridized carbons (Fsp3) is 1.00. The van der Waals surface area contributed by atoms with E-state index in [1.165, 1.54) is 0 Å². The molecule has 0 saturated heterocycles. The lowest BCUT2D eigenvalue weighted by molar-refractivity contribution is 0.0243. The molecule has 0 atom stereocenters. The van der Waals surface area contributed by atoms with Gasteiger partial charge in [0.15, 0.2) is 0 Å². The van der Waals surface area contributed by atoms with Crippen LogP contribution in [0.15, 0.2) is 0 Å². The van der Waals surface area contributed by atoms with Gasteiger partial charge in [-0.3, -0.25) is 0 Å². The third kappa shape index (κ3) is 1.98. The third-order valence-corrected chi connectivity index (χ3v) is 2.29. The van der Waals surface area contributed by atoms with E-state index in [2.05, 4.69) is 13.8 Å². The normalized spacial score (nSPS) is 28.3. The lowest BCUT2D eigenvalue weighted by Gasteiger charge is -2.30. The lowest BCUT2D eigenvalue weighted by atomic mass is 9.76. The lowest BCUT2D eigenvalue weighted by Crippen LogP contribution is -2.23. The summed E-state index contributed by atoms with van der Waals surface area (Å²) in [5.74, 6) is 0. The van der Waals surface area contributed by atoms with Gasteiger partial charge in [0, 0.05) is 0 Å². The Morgan fingerprint density at radius 2 is 1.67 bits per heavy atom. The summed E-state index contributed by atoms with van der Waals surface area (Å²) in [5.41, 5.74) is 0.459. The maximum atomic E-state index is 10.8. The van der Waals surface area contributed by atoms with Crippen molar-refractivity contribution in [2.45, 2.75) is 45.6 Å². The first-order valence-electron chi connectivity index (χ1n) is 3.76. The van der Waals surface area contributed by atoms with Crippen LogP contribution in [0.3, 0.4) is 0 Å². The predicted octanol–water partition coefficient (Wildman–Crippen LogP) is 2.39. The largest absolute Gasteiger partial charge is 0.233 e. The standard InChI is InChI=1S/C8H15O/c1-8(2)5-3-7(9)4-6-8/h7H,3-6H2,1-2H3. The average Bonchev–Trinajstić information content (AvgIpc) is 1.78. The van der Waals surface area contributed by atoms with Crippen LogP contribution >= 0.6 is 0 Å². The van der Waals surface area contributed by atoms with Crippen LogP contribution in [0.1, 0.15) is 39.5 Å². The average molecular weight is 127 g/mol. The molecule has 0 heterocycles. The molecule has 1 fully saturated rings. The first-order valence-corrected chi connectivity index (χ1v) is 3.76. The van der Waals surface area contributed by atoms with Crippen LogP contribution in [0.25, 0.3) is 0 Å². The molecule has 1 radical (unpaired) electrons. The van der Waals surface area contributed by atoms with E-state index >= 15 is 0 Å². The summed E-state index contributed by atoms with van der Waals surface area (Å²) in [7, 11) is 0. The van der Waals surface area contributed by atoms with Crippen molar-refractivity contribution in [3.8, 4) is 0 Å². The monoisotopic (exact) mass is 127 g/mol. The van der Waals surface area contributed by atoms with Crippen molar-refractivity contribution < 1.29 is 5.11 Å². The van der Waals surface area contributed by atoms with E-state index in [1.807, 2.05) is 0 Å². The van der Waals surface area contributed by atoms with Crippen LogP contribution in [0, 0.1) is 5.41 Å². The maximum absolute atomic E-state index is 10.8. The molecule has 0 N–H and O–H groups in total. The summed E-state index contributed by atoms with van der Waals surface area (Å²) in [6.45, 7) is 4.50. The van der Waals surface area contributed by atoms with Crippen molar-refractivity contribution in [2.75, 3.05) is 0 Å². The van der Waals surface area contributed by atoms with Crippen molar-refractivity contribution in [1.29, 1.82) is 0 Å². The molecule has 0 aliphatic heterocycles. The molecule has 0 aromatic heterocycles. The van der Waals surface area contributed by atoms with Crippen molar-refractivity contribution in [3.05, 3.63) is 0 Å². The molecule has 1 aliphatic carbocycles. The molecular formula is C8H15O. The highest BCUT2D eigenvalue weighted by atomic mass is 16.3. The Labute approximate surface area is 57.1 Å². The van der Waals surface area contributed by atoms with Gasteiger partial charge in [-0.15, -0.1) is 0 Å². The second-order valence-corrected chi connectivity index (χ2v) is 3.86. The van der Waals surface area contributed by atoms with E-state index in [1.54, 1.807) is 0 Å². The zero-order valence-electron chi connectivity index (χ0n) is 6.31. The van der Waals surface area contributed by atoms with E-state index in [-0.39, 0.29) is 6.10 Å². The van der Waals surface area contributed by atoms with E-state index in [4.69, 9.17) is 0 Å². The molecule has 0 aromatic carbocycles. The van der Waals surface area contributed by atoms with Gasteiger partial charge in [-0.25, -0.2) is 5.11 Å². The van der Waals surface area contributed by atoms with Crippen molar-refractivity contribution in [3.63, 3.8) is 0 Å². The highest BCUT2D eigenvalue weighted by molar-refractivity contribution is 4.77. The summed E-state index contributed by atoms with van der Waals surface area (Å²) in [4.78, 5) is 0. The molecule has 1 aliphatic rings. The van der Waals surface area contributed by atoms with Gasteiger partial charge < -0.3 is 0 Å². The first kappa shape index (κ1) is 7.07. The molecule has 1 rings (SSSR count). The Morgan fingerprint density at radius 3 is 2.00 bits per heavy atom. The Morgan fingerprint density at radius 1 is 1.22 bits per heavy atom. The predicted molar refractivity (Wildman–Crippen MR) is 36.7 cm³/mol. The zero-order valence-corrected chi connectivity index (χ0v) is 6.31. The van der Waals surface area contributed by atoms with Gasteiger partial charge in [0.25, 0.3) is 0 Å². The number of hydrogen-bond acceptors (Lipinski definition) is 0. The summed E-state index contributed by atoms with van der Waals surface area (Å²) >= 11 is 0. The smallest absolute Gasteiger partial charge is 0.0930 e.